The van der Waals surface area contributed by atoms with Gasteiger partial charge in [-0.15, -0.1) is 0 Å². The second-order valence-electron chi connectivity index (χ2n) is 7.06. The van der Waals surface area contributed by atoms with E-state index in [0.717, 1.165) is 28.2 Å². The first kappa shape index (κ1) is 20.3. The summed E-state index contributed by atoms with van der Waals surface area (Å²) in [5, 5.41) is 10.0. The van der Waals surface area contributed by atoms with Crippen molar-refractivity contribution in [2.24, 2.45) is 10.3 Å². The summed E-state index contributed by atoms with van der Waals surface area (Å²) >= 11 is 0. The third kappa shape index (κ3) is 4.98. The molecule has 6 heteroatoms. The molecule has 0 aromatic heterocycles. The van der Waals surface area contributed by atoms with Crippen molar-refractivity contribution in [2.75, 3.05) is 13.7 Å². The third-order valence-corrected chi connectivity index (χ3v) is 5.04. The summed E-state index contributed by atoms with van der Waals surface area (Å²) in [6.45, 7) is -0.193. The molecule has 3 aromatic rings. The van der Waals surface area contributed by atoms with Gasteiger partial charge in [0.05, 0.1) is 25.1 Å². The Kier molecular flexibility index (Phi) is 6.38. The van der Waals surface area contributed by atoms with E-state index in [9.17, 15) is 4.79 Å². The largest absolute Gasteiger partial charge is 0.497 e. The zero-order valence-electron chi connectivity index (χ0n) is 17.2. The number of rotatable bonds is 7. The Balaban J connectivity index is 1.50. The molecule has 0 unspecified atom stereocenters. The van der Waals surface area contributed by atoms with Crippen molar-refractivity contribution in [1.29, 1.82) is 0 Å². The van der Waals surface area contributed by atoms with Gasteiger partial charge in [0.15, 0.2) is 6.61 Å². The number of carbonyl (C=O) groups excluding carboxylic acids is 1. The molecule has 1 heterocycles. The fraction of sp³-hybridized carbons (Fsp3) is 0.160. The summed E-state index contributed by atoms with van der Waals surface area (Å²) in [5.74, 6) is 0.513. The van der Waals surface area contributed by atoms with Crippen LogP contribution in [0.25, 0.3) is 0 Å². The minimum absolute atomic E-state index is 0.193. The second kappa shape index (κ2) is 9.71. The lowest BCUT2D eigenvalue weighted by molar-refractivity contribution is -0.137. The topological polar surface area (TPSA) is 63.5 Å². The summed E-state index contributed by atoms with van der Waals surface area (Å²) < 4.78 is 5.25. The predicted molar refractivity (Wildman–Crippen MR) is 120 cm³/mol. The number of hydrazone groups is 1. The molecule has 1 aliphatic heterocycles. The lowest BCUT2D eigenvalue weighted by Crippen LogP contribution is -2.30. The fourth-order valence-electron chi connectivity index (χ4n) is 3.43. The molecule has 1 amide bonds. The van der Waals surface area contributed by atoms with Gasteiger partial charge < -0.3 is 9.57 Å². The molecule has 0 N–H and O–H groups in total. The van der Waals surface area contributed by atoms with Gasteiger partial charge in [-0.05, 0) is 28.8 Å². The molecule has 0 saturated carbocycles. The van der Waals surface area contributed by atoms with Crippen LogP contribution >= 0.6 is 0 Å². The molecule has 0 fully saturated rings. The Morgan fingerprint density at radius 1 is 1.03 bits per heavy atom. The van der Waals surface area contributed by atoms with Gasteiger partial charge in [0, 0.05) is 6.42 Å². The molecule has 0 radical (unpaired) electrons. The molecule has 6 nitrogen and oxygen atoms in total. The van der Waals surface area contributed by atoms with Crippen LogP contribution in [0.4, 0.5) is 0 Å². The van der Waals surface area contributed by atoms with Crippen LogP contribution in [0.1, 0.15) is 29.2 Å². The molecule has 0 spiro atoms. The predicted octanol–water partition coefficient (Wildman–Crippen LogP) is 4.42. The highest BCUT2D eigenvalue weighted by atomic mass is 16.6. The van der Waals surface area contributed by atoms with Crippen LogP contribution in [-0.4, -0.2) is 36.6 Å². The van der Waals surface area contributed by atoms with E-state index in [1.54, 1.807) is 13.3 Å². The van der Waals surface area contributed by atoms with Crippen LogP contribution in [0.2, 0.25) is 0 Å². The van der Waals surface area contributed by atoms with E-state index >= 15 is 0 Å². The van der Waals surface area contributed by atoms with Gasteiger partial charge in [0.2, 0.25) is 0 Å². The molecule has 1 atom stereocenters. The van der Waals surface area contributed by atoms with Gasteiger partial charge in [0.1, 0.15) is 5.75 Å². The van der Waals surface area contributed by atoms with Crippen LogP contribution in [0, 0.1) is 0 Å². The average molecular weight is 413 g/mol. The summed E-state index contributed by atoms with van der Waals surface area (Å²) in [6.07, 6.45) is 2.20. The maximum atomic E-state index is 12.9. The molecule has 31 heavy (non-hydrogen) atoms. The first-order chi connectivity index (χ1) is 15.2. The number of amides is 1. The van der Waals surface area contributed by atoms with Crippen molar-refractivity contribution in [3.05, 3.63) is 102 Å². The minimum atomic E-state index is -0.253. The molecule has 4 rings (SSSR count). The number of methoxy groups -OCH3 is 1. The van der Waals surface area contributed by atoms with Gasteiger partial charge in [-0.2, -0.15) is 5.10 Å². The molecular formula is C25H23N3O3. The van der Waals surface area contributed by atoms with Crippen LogP contribution in [0.15, 0.2) is 95.2 Å². The molecule has 1 aliphatic rings. The maximum absolute atomic E-state index is 12.9. The van der Waals surface area contributed by atoms with Crippen molar-refractivity contribution < 1.29 is 14.4 Å². The zero-order valence-corrected chi connectivity index (χ0v) is 17.2. The number of nitrogens with zero attached hydrogens (tertiary/aromatic N) is 3. The first-order valence-electron chi connectivity index (χ1n) is 10.0. The highest BCUT2D eigenvalue weighted by Gasteiger charge is 2.33. The van der Waals surface area contributed by atoms with Crippen molar-refractivity contribution in [3.8, 4) is 5.75 Å². The number of oxime groups is 1. The van der Waals surface area contributed by atoms with E-state index in [2.05, 4.69) is 10.3 Å². The van der Waals surface area contributed by atoms with Crippen molar-refractivity contribution in [2.45, 2.75) is 12.5 Å². The van der Waals surface area contributed by atoms with Gasteiger partial charge in [-0.25, -0.2) is 5.01 Å². The maximum Gasteiger partial charge on any atom is 0.283 e. The average Bonchev–Trinajstić information content (AvgIpc) is 3.29. The van der Waals surface area contributed by atoms with Gasteiger partial charge in [0.25, 0.3) is 5.91 Å². The fourth-order valence-corrected chi connectivity index (χ4v) is 3.43. The van der Waals surface area contributed by atoms with Crippen LogP contribution in [0.5, 0.6) is 5.75 Å². The number of ether oxygens (including phenoxy) is 1. The summed E-state index contributed by atoms with van der Waals surface area (Å²) in [4.78, 5) is 18.2. The lowest BCUT2D eigenvalue weighted by Gasteiger charge is -2.21. The van der Waals surface area contributed by atoms with Crippen molar-refractivity contribution >= 4 is 17.8 Å². The highest BCUT2D eigenvalue weighted by molar-refractivity contribution is 6.03. The highest BCUT2D eigenvalue weighted by Crippen LogP contribution is 2.33. The van der Waals surface area contributed by atoms with Crippen molar-refractivity contribution in [3.63, 3.8) is 0 Å². The molecule has 0 aliphatic carbocycles. The van der Waals surface area contributed by atoms with Crippen LogP contribution < -0.4 is 4.74 Å². The third-order valence-electron chi connectivity index (χ3n) is 5.04. The monoisotopic (exact) mass is 413 g/mol. The van der Waals surface area contributed by atoms with Crippen LogP contribution in [0.3, 0.4) is 0 Å². The Labute approximate surface area is 181 Å². The van der Waals surface area contributed by atoms with E-state index in [1.807, 2.05) is 84.9 Å². The number of hydrogen-bond donors (Lipinski definition) is 0. The SMILES string of the molecule is COc1ccc([C@@H]2CC(c3ccccc3)=NN2C(=O)CO/N=C\c2ccccc2)cc1. The molecule has 156 valence electrons. The molecule has 0 bridgehead atoms. The Morgan fingerprint density at radius 2 is 1.71 bits per heavy atom. The van der Waals surface area contributed by atoms with Gasteiger partial charge >= 0.3 is 0 Å². The lowest BCUT2D eigenvalue weighted by atomic mass is 9.98. The quantitative estimate of drug-likeness (QED) is 0.425. The smallest absolute Gasteiger partial charge is 0.283 e. The van der Waals surface area contributed by atoms with E-state index in [1.165, 1.54) is 5.01 Å². The minimum Gasteiger partial charge on any atom is -0.497 e. The summed E-state index contributed by atoms with van der Waals surface area (Å²) in [5.41, 5.74) is 3.75. The van der Waals surface area contributed by atoms with Crippen LogP contribution in [-0.2, 0) is 9.63 Å². The molecular weight excluding hydrogens is 390 g/mol. The molecule has 0 saturated heterocycles. The van der Waals surface area contributed by atoms with E-state index in [4.69, 9.17) is 9.57 Å². The van der Waals surface area contributed by atoms with E-state index in [-0.39, 0.29) is 18.6 Å². The summed E-state index contributed by atoms with van der Waals surface area (Å²) in [6, 6.07) is 26.9. The van der Waals surface area contributed by atoms with Gasteiger partial charge in [-0.3, -0.25) is 4.79 Å². The molecule has 3 aromatic carbocycles. The van der Waals surface area contributed by atoms with E-state index in [0.29, 0.717) is 6.42 Å². The van der Waals surface area contributed by atoms with Gasteiger partial charge in [-0.1, -0.05) is 78.0 Å². The Hall–Kier alpha value is -3.93. The standard InChI is InChI=1S/C25H23N3O3/c1-30-22-14-12-21(13-15-22)24-16-23(20-10-6-3-7-11-20)27-28(24)25(29)18-31-26-17-19-8-4-2-5-9-19/h2-15,17,24H,16,18H2,1H3/b26-17-/t24-/m0/s1. The van der Waals surface area contributed by atoms with Crippen molar-refractivity contribution in [1.82, 2.24) is 5.01 Å². The number of benzene rings is 3. The normalized spacial score (nSPS) is 15.7. The zero-order chi connectivity index (χ0) is 21.5. The Morgan fingerprint density at radius 3 is 2.39 bits per heavy atom. The first-order valence-corrected chi connectivity index (χ1v) is 10.0. The number of carbonyl (C=O) groups is 1. The summed E-state index contributed by atoms with van der Waals surface area (Å²) in [7, 11) is 1.63. The van der Waals surface area contributed by atoms with E-state index < -0.39 is 0 Å². The number of hydrogen-bond acceptors (Lipinski definition) is 5. The second-order valence-corrected chi connectivity index (χ2v) is 7.06. The Bertz CT molecular complexity index is 1060.